The molecule has 0 fully saturated rings. The molecule has 1 amide bonds. The van der Waals surface area contributed by atoms with Crippen LogP contribution in [0, 0.1) is 0 Å². The zero-order valence-corrected chi connectivity index (χ0v) is 11.6. The second kappa shape index (κ2) is 8.50. The van der Waals surface area contributed by atoms with Crippen molar-refractivity contribution in [3.8, 4) is 5.75 Å². The molecule has 0 atom stereocenters. The maximum absolute atomic E-state index is 11.8. The van der Waals surface area contributed by atoms with Crippen LogP contribution < -0.4 is 10.1 Å². The second-order valence-electron chi connectivity index (χ2n) is 4.18. The Morgan fingerprint density at radius 2 is 2.16 bits per heavy atom. The summed E-state index contributed by atoms with van der Waals surface area (Å²) in [6, 6.07) is 7.59. The SMILES string of the molecule is CCN(CCO)CC(=O)NCc1ccccc1OC. The maximum Gasteiger partial charge on any atom is 0.234 e. The highest BCUT2D eigenvalue weighted by Crippen LogP contribution is 2.16. The van der Waals surface area contributed by atoms with E-state index >= 15 is 0 Å². The third-order valence-corrected chi connectivity index (χ3v) is 2.90. The van der Waals surface area contributed by atoms with Crippen molar-refractivity contribution in [3.05, 3.63) is 29.8 Å². The Kier molecular flexibility index (Phi) is 6.92. The first-order valence-corrected chi connectivity index (χ1v) is 6.43. The highest BCUT2D eigenvalue weighted by molar-refractivity contribution is 5.78. The number of nitrogens with zero attached hydrogens (tertiary/aromatic N) is 1. The molecular weight excluding hydrogens is 244 g/mol. The topological polar surface area (TPSA) is 61.8 Å². The number of hydrogen-bond donors (Lipinski definition) is 2. The molecule has 0 aromatic heterocycles. The van der Waals surface area contributed by atoms with E-state index in [1.807, 2.05) is 36.1 Å². The summed E-state index contributed by atoms with van der Waals surface area (Å²) in [5.74, 6) is 0.715. The number of carbonyl (C=O) groups excluding carboxylic acids is 1. The predicted molar refractivity (Wildman–Crippen MR) is 74.0 cm³/mol. The van der Waals surface area contributed by atoms with Gasteiger partial charge in [-0.05, 0) is 12.6 Å². The zero-order valence-electron chi connectivity index (χ0n) is 11.6. The van der Waals surface area contributed by atoms with Crippen molar-refractivity contribution in [2.45, 2.75) is 13.5 Å². The first-order chi connectivity index (χ1) is 9.21. The number of nitrogens with one attached hydrogen (secondary N) is 1. The molecule has 2 N–H and O–H groups in total. The Morgan fingerprint density at radius 3 is 2.79 bits per heavy atom. The Labute approximate surface area is 114 Å². The summed E-state index contributed by atoms with van der Waals surface area (Å²) < 4.78 is 5.22. The van der Waals surface area contributed by atoms with Crippen LogP contribution in [0.3, 0.4) is 0 Å². The van der Waals surface area contributed by atoms with E-state index in [0.717, 1.165) is 17.9 Å². The molecule has 5 heteroatoms. The summed E-state index contributed by atoms with van der Waals surface area (Å²) >= 11 is 0. The van der Waals surface area contributed by atoms with Crippen LogP contribution in [0.4, 0.5) is 0 Å². The second-order valence-corrected chi connectivity index (χ2v) is 4.18. The van der Waals surface area contributed by atoms with E-state index in [1.54, 1.807) is 7.11 Å². The van der Waals surface area contributed by atoms with Gasteiger partial charge in [0.15, 0.2) is 0 Å². The largest absolute Gasteiger partial charge is 0.496 e. The van der Waals surface area contributed by atoms with Gasteiger partial charge in [-0.1, -0.05) is 25.1 Å². The number of para-hydroxylation sites is 1. The van der Waals surface area contributed by atoms with Crippen LogP contribution >= 0.6 is 0 Å². The monoisotopic (exact) mass is 266 g/mol. The summed E-state index contributed by atoms with van der Waals surface area (Å²) in [6.07, 6.45) is 0. The Bertz CT molecular complexity index is 396. The van der Waals surface area contributed by atoms with Gasteiger partial charge in [-0.25, -0.2) is 0 Å². The molecule has 1 aromatic rings. The third kappa shape index (κ3) is 5.28. The predicted octanol–water partition coefficient (Wildman–Crippen LogP) is 0.626. The van der Waals surface area contributed by atoms with Crippen LogP contribution in [0.2, 0.25) is 0 Å². The van der Waals surface area contributed by atoms with Crippen LogP contribution in [0.5, 0.6) is 5.75 Å². The van der Waals surface area contributed by atoms with Gasteiger partial charge in [0.25, 0.3) is 0 Å². The number of likely N-dealkylation sites (N-methyl/N-ethyl adjacent to an activating group) is 1. The average molecular weight is 266 g/mol. The van der Waals surface area contributed by atoms with E-state index in [1.165, 1.54) is 0 Å². The minimum atomic E-state index is -0.0544. The molecule has 0 bridgehead atoms. The van der Waals surface area contributed by atoms with Crippen molar-refractivity contribution in [1.82, 2.24) is 10.2 Å². The van der Waals surface area contributed by atoms with Gasteiger partial charge in [0, 0.05) is 18.7 Å². The van der Waals surface area contributed by atoms with Crippen molar-refractivity contribution in [2.24, 2.45) is 0 Å². The highest BCUT2D eigenvalue weighted by Gasteiger charge is 2.09. The van der Waals surface area contributed by atoms with Gasteiger partial charge in [-0.2, -0.15) is 0 Å². The van der Waals surface area contributed by atoms with Crippen LogP contribution in [0.25, 0.3) is 0 Å². The fourth-order valence-electron chi connectivity index (χ4n) is 1.79. The molecule has 0 aliphatic heterocycles. The molecule has 5 nitrogen and oxygen atoms in total. The van der Waals surface area contributed by atoms with Crippen molar-refractivity contribution >= 4 is 5.91 Å². The van der Waals surface area contributed by atoms with Crippen molar-refractivity contribution < 1.29 is 14.6 Å². The molecule has 0 unspecified atom stereocenters. The first kappa shape index (κ1) is 15.5. The lowest BCUT2D eigenvalue weighted by Gasteiger charge is -2.18. The molecule has 1 aromatic carbocycles. The van der Waals surface area contributed by atoms with Gasteiger partial charge in [0.05, 0.1) is 20.3 Å². The summed E-state index contributed by atoms with van der Waals surface area (Å²) in [6.45, 7) is 4.02. The molecule has 0 saturated carbocycles. The molecule has 1 rings (SSSR count). The number of rotatable bonds is 8. The molecule has 0 aliphatic carbocycles. The van der Waals surface area contributed by atoms with Crippen molar-refractivity contribution in [1.29, 1.82) is 0 Å². The van der Waals surface area contributed by atoms with Gasteiger partial charge < -0.3 is 15.2 Å². The lowest BCUT2D eigenvalue weighted by Crippen LogP contribution is -2.38. The quantitative estimate of drug-likeness (QED) is 0.724. The minimum absolute atomic E-state index is 0.0544. The van der Waals surface area contributed by atoms with Crippen LogP contribution in [-0.2, 0) is 11.3 Å². The Morgan fingerprint density at radius 1 is 1.42 bits per heavy atom. The summed E-state index contributed by atoms with van der Waals surface area (Å²) in [4.78, 5) is 13.7. The average Bonchev–Trinajstić information content (AvgIpc) is 2.44. The molecular formula is C14H22N2O3. The highest BCUT2D eigenvalue weighted by atomic mass is 16.5. The molecule has 0 radical (unpaired) electrons. The van der Waals surface area contributed by atoms with Gasteiger partial charge in [-0.15, -0.1) is 0 Å². The molecule has 0 heterocycles. The molecule has 106 valence electrons. The standard InChI is InChI=1S/C14H22N2O3/c1-3-16(8-9-17)11-14(18)15-10-12-6-4-5-7-13(12)19-2/h4-7,17H,3,8-11H2,1-2H3,(H,15,18). The number of aliphatic hydroxyl groups excluding tert-OH is 1. The van der Waals surface area contributed by atoms with Crippen LogP contribution in [-0.4, -0.2) is 49.3 Å². The summed E-state index contributed by atoms with van der Waals surface area (Å²) in [5.41, 5.74) is 0.948. The lowest BCUT2D eigenvalue weighted by molar-refractivity contribution is -0.122. The fourth-order valence-corrected chi connectivity index (χ4v) is 1.79. The number of carbonyl (C=O) groups is 1. The molecule has 0 saturated heterocycles. The lowest BCUT2D eigenvalue weighted by atomic mass is 10.2. The summed E-state index contributed by atoms with van der Waals surface area (Å²) in [7, 11) is 1.61. The minimum Gasteiger partial charge on any atom is -0.496 e. The van der Waals surface area contributed by atoms with Gasteiger partial charge >= 0.3 is 0 Å². The van der Waals surface area contributed by atoms with Crippen LogP contribution in [0.15, 0.2) is 24.3 Å². The number of methoxy groups -OCH3 is 1. The van der Waals surface area contributed by atoms with Gasteiger partial charge in [0.2, 0.25) is 5.91 Å². The number of aliphatic hydroxyl groups is 1. The third-order valence-electron chi connectivity index (χ3n) is 2.90. The maximum atomic E-state index is 11.8. The van der Waals surface area contributed by atoms with E-state index in [-0.39, 0.29) is 12.5 Å². The van der Waals surface area contributed by atoms with E-state index in [2.05, 4.69) is 5.32 Å². The molecule has 0 aliphatic rings. The number of ether oxygens (including phenoxy) is 1. The van der Waals surface area contributed by atoms with Gasteiger partial charge in [0.1, 0.15) is 5.75 Å². The molecule has 19 heavy (non-hydrogen) atoms. The smallest absolute Gasteiger partial charge is 0.234 e. The number of benzene rings is 1. The van der Waals surface area contributed by atoms with Crippen molar-refractivity contribution in [2.75, 3.05) is 33.4 Å². The van der Waals surface area contributed by atoms with E-state index < -0.39 is 0 Å². The van der Waals surface area contributed by atoms with E-state index in [4.69, 9.17) is 9.84 Å². The van der Waals surface area contributed by atoms with Crippen molar-refractivity contribution in [3.63, 3.8) is 0 Å². The van der Waals surface area contributed by atoms with Crippen LogP contribution in [0.1, 0.15) is 12.5 Å². The first-order valence-electron chi connectivity index (χ1n) is 6.43. The summed E-state index contributed by atoms with van der Waals surface area (Å²) in [5, 5.41) is 11.7. The Hall–Kier alpha value is -1.59. The fraction of sp³-hybridized carbons (Fsp3) is 0.500. The van der Waals surface area contributed by atoms with E-state index in [0.29, 0.717) is 19.6 Å². The number of hydrogen-bond acceptors (Lipinski definition) is 4. The Balaban J connectivity index is 2.45. The zero-order chi connectivity index (χ0) is 14.1. The van der Waals surface area contributed by atoms with Gasteiger partial charge in [-0.3, -0.25) is 9.69 Å². The van der Waals surface area contributed by atoms with E-state index in [9.17, 15) is 4.79 Å². The molecule has 0 spiro atoms. The normalized spacial score (nSPS) is 10.5. The number of amides is 1.